The van der Waals surface area contributed by atoms with Crippen molar-refractivity contribution in [3.05, 3.63) is 35.8 Å². The largest absolute Gasteiger partial charge is 0.416 e. The normalized spacial score (nSPS) is 19.6. The van der Waals surface area contributed by atoms with E-state index in [-0.39, 0.29) is 0 Å². The molecule has 2 aromatic rings. The number of nitrogens with zero attached hydrogens (tertiary/aromatic N) is 2. The highest BCUT2D eigenvalue weighted by molar-refractivity contribution is 5.78. The Morgan fingerprint density at radius 2 is 2.15 bits per heavy atom. The Balaban J connectivity index is 1.88. The molecule has 1 aromatic heterocycles. The minimum Gasteiger partial charge on any atom is -0.316 e. The molecule has 0 amide bonds. The van der Waals surface area contributed by atoms with Crippen molar-refractivity contribution in [3.63, 3.8) is 0 Å². The highest BCUT2D eigenvalue weighted by Gasteiger charge is 2.30. The molecule has 1 N–H and O–H groups in total. The lowest BCUT2D eigenvalue weighted by atomic mass is 10.0. The first-order valence-electron chi connectivity index (χ1n) is 6.56. The number of nitrogens with one attached hydrogen (secondary N) is 1. The van der Waals surface area contributed by atoms with Crippen LogP contribution in [0, 0.1) is 5.92 Å². The first-order chi connectivity index (χ1) is 9.52. The summed E-state index contributed by atoms with van der Waals surface area (Å²) < 4.78 is 37.9. The lowest BCUT2D eigenvalue weighted by Crippen LogP contribution is -2.12. The predicted molar refractivity (Wildman–Crippen MR) is 69.2 cm³/mol. The third-order valence-corrected chi connectivity index (χ3v) is 3.59. The van der Waals surface area contributed by atoms with E-state index in [1.165, 1.54) is 12.3 Å². The van der Waals surface area contributed by atoms with Gasteiger partial charge in [0.25, 0.3) is 0 Å². The van der Waals surface area contributed by atoms with Crippen LogP contribution in [0.15, 0.2) is 24.4 Å². The van der Waals surface area contributed by atoms with E-state index < -0.39 is 11.7 Å². The van der Waals surface area contributed by atoms with Crippen LogP contribution in [0.1, 0.15) is 17.8 Å². The summed E-state index contributed by atoms with van der Waals surface area (Å²) in [7, 11) is 0. The maximum absolute atomic E-state index is 12.6. The van der Waals surface area contributed by atoms with Gasteiger partial charge in [-0.15, -0.1) is 0 Å². The number of rotatable bonds is 2. The summed E-state index contributed by atoms with van der Waals surface area (Å²) in [4.78, 5) is 8.54. The molecule has 106 valence electrons. The maximum Gasteiger partial charge on any atom is 0.416 e. The number of halogens is 3. The lowest BCUT2D eigenvalue weighted by molar-refractivity contribution is -0.137. The molecule has 3 rings (SSSR count). The Labute approximate surface area is 114 Å². The molecule has 6 heteroatoms. The smallest absolute Gasteiger partial charge is 0.316 e. The van der Waals surface area contributed by atoms with Gasteiger partial charge >= 0.3 is 6.18 Å². The van der Waals surface area contributed by atoms with Crippen molar-refractivity contribution in [2.45, 2.75) is 19.0 Å². The Morgan fingerprint density at radius 1 is 1.30 bits per heavy atom. The van der Waals surface area contributed by atoms with Gasteiger partial charge in [-0.3, -0.25) is 0 Å². The van der Waals surface area contributed by atoms with Crippen LogP contribution in [0.5, 0.6) is 0 Å². The van der Waals surface area contributed by atoms with E-state index in [1.54, 1.807) is 0 Å². The Hall–Kier alpha value is -1.69. The van der Waals surface area contributed by atoms with Crippen LogP contribution in [0.2, 0.25) is 0 Å². The molecule has 1 aliphatic rings. The first-order valence-corrected chi connectivity index (χ1v) is 6.56. The zero-order chi connectivity index (χ0) is 14.2. The Morgan fingerprint density at radius 3 is 2.85 bits per heavy atom. The number of hydrogen-bond acceptors (Lipinski definition) is 3. The van der Waals surface area contributed by atoms with Gasteiger partial charge in [0, 0.05) is 18.0 Å². The van der Waals surface area contributed by atoms with Crippen molar-refractivity contribution in [1.29, 1.82) is 0 Å². The Kier molecular flexibility index (Phi) is 3.33. The second-order valence-electron chi connectivity index (χ2n) is 5.12. The summed E-state index contributed by atoms with van der Waals surface area (Å²) in [5, 5.41) is 3.70. The van der Waals surface area contributed by atoms with Crippen molar-refractivity contribution in [2.24, 2.45) is 5.92 Å². The van der Waals surface area contributed by atoms with Gasteiger partial charge in [0.2, 0.25) is 0 Å². The van der Waals surface area contributed by atoms with E-state index in [9.17, 15) is 13.2 Å². The van der Waals surface area contributed by atoms with E-state index in [1.807, 2.05) is 0 Å². The number of hydrogen-bond donors (Lipinski definition) is 1. The van der Waals surface area contributed by atoms with Crippen LogP contribution in [0.4, 0.5) is 13.2 Å². The predicted octanol–water partition coefficient (Wildman–Crippen LogP) is 2.80. The van der Waals surface area contributed by atoms with Gasteiger partial charge in [0.1, 0.15) is 5.82 Å². The summed E-state index contributed by atoms with van der Waals surface area (Å²) in [6.45, 7) is 1.96. The first kappa shape index (κ1) is 13.3. The molecule has 1 saturated heterocycles. The molecular formula is C14H14F3N3. The molecule has 0 spiro atoms. The van der Waals surface area contributed by atoms with Crippen LogP contribution in [0.25, 0.3) is 10.9 Å². The van der Waals surface area contributed by atoms with Crippen molar-refractivity contribution in [3.8, 4) is 0 Å². The van der Waals surface area contributed by atoms with Crippen molar-refractivity contribution in [2.75, 3.05) is 13.1 Å². The molecule has 0 saturated carbocycles. The van der Waals surface area contributed by atoms with E-state index in [0.717, 1.165) is 38.1 Å². The van der Waals surface area contributed by atoms with E-state index in [2.05, 4.69) is 15.3 Å². The summed E-state index contributed by atoms with van der Waals surface area (Å²) >= 11 is 0. The van der Waals surface area contributed by atoms with E-state index >= 15 is 0 Å². The van der Waals surface area contributed by atoms with Gasteiger partial charge < -0.3 is 5.32 Å². The molecule has 2 heterocycles. The SMILES string of the molecule is FC(F)(F)c1ccc2nc(CC3CCNC3)ncc2c1. The standard InChI is InChI=1S/C14H14F3N3/c15-14(16,17)11-1-2-12-10(6-11)8-19-13(20-12)5-9-3-4-18-7-9/h1-2,6,8-9,18H,3-5,7H2. The van der Waals surface area contributed by atoms with Gasteiger partial charge in [-0.05, 0) is 43.6 Å². The topological polar surface area (TPSA) is 37.8 Å². The number of alkyl halides is 3. The molecule has 0 radical (unpaired) electrons. The third-order valence-electron chi connectivity index (χ3n) is 3.59. The number of fused-ring (bicyclic) bond motifs is 1. The van der Waals surface area contributed by atoms with Crippen molar-refractivity contribution >= 4 is 10.9 Å². The molecule has 1 fully saturated rings. The monoisotopic (exact) mass is 281 g/mol. The zero-order valence-corrected chi connectivity index (χ0v) is 10.7. The molecule has 1 aliphatic heterocycles. The maximum atomic E-state index is 12.6. The summed E-state index contributed by atoms with van der Waals surface area (Å²) in [6, 6.07) is 3.57. The quantitative estimate of drug-likeness (QED) is 0.919. The lowest BCUT2D eigenvalue weighted by Gasteiger charge is -2.09. The summed E-state index contributed by atoms with van der Waals surface area (Å²) in [5.41, 5.74) is -0.102. The van der Waals surface area contributed by atoms with Crippen LogP contribution in [-0.4, -0.2) is 23.1 Å². The summed E-state index contributed by atoms with van der Waals surface area (Å²) in [5.74, 6) is 1.22. The van der Waals surface area contributed by atoms with E-state index in [4.69, 9.17) is 0 Å². The molecule has 3 nitrogen and oxygen atoms in total. The van der Waals surface area contributed by atoms with Crippen LogP contribution >= 0.6 is 0 Å². The molecule has 1 aromatic carbocycles. The van der Waals surface area contributed by atoms with Gasteiger partial charge in [-0.25, -0.2) is 9.97 Å². The Bertz CT molecular complexity index is 619. The molecule has 1 unspecified atom stereocenters. The van der Waals surface area contributed by atoms with Gasteiger partial charge in [-0.2, -0.15) is 13.2 Å². The highest BCUT2D eigenvalue weighted by Crippen LogP contribution is 2.30. The fourth-order valence-corrected chi connectivity index (χ4v) is 2.49. The highest BCUT2D eigenvalue weighted by atomic mass is 19.4. The minimum atomic E-state index is -4.33. The second-order valence-corrected chi connectivity index (χ2v) is 5.12. The molecule has 1 atom stereocenters. The fraction of sp³-hybridized carbons (Fsp3) is 0.429. The average Bonchev–Trinajstić information content (AvgIpc) is 2.90. The van der Waals surface area contributed by atoms with Crippen LogP contribution < -0.4 is 5.32 Å². The van der Waals surface area contributed by atoms with Gasteiger partial charge in [0.15, 0.2) is 0 Å². The molecule has 20 heavy (non-hydrogen) atoms. The number of aromatic nitrogens is 2. The third kappa shape index (κ3) is 2.75. The molecular weight excluding hydrogens is 267 g/mol. The molecule has 0 aliphatic carbocycles. The van der Waals surface area contributed by atoms with Crippen molar-refractivity contribution < 1.29 is 13.2 Å². The average molecular weight is 281 g/mol. The minimum absolute atomic E-state index is 0.424. The summed E-state index contributed by atoms with van der Waals surface area (Å²) in [6.07, 6.45) is -0.990. The molecule has 0 bridgehead atoms. The van der Waals surface area contributed by atoms with Crippen molar-refractivity contribution in [1.82, 2.24) is 15.3 Å². The second kappa shape index (κ2) is 5.01. The van der Waals surface area contributed by atoms with Crippen LogP contribution in [0.3, 0.4) is 0 Å². The fourth-order valence-electron chi connectivity index (χ4n) is 2.49. The zero-order valence-electron chi connectivity index (χ0n) is 10.7. The number of benzene rings is 1. The van der Waals surface area contributed by atoms with Gasteiger partial charge in [-0.1, -0.05) is 0 Å². The van der Waals surface area contributed by atoms with Crippen LogP contribution in [-0.2, 0) is 12.6 Å². The van der Waals surface area contributed by atoms with Gasteiger partial charge in [0.05, 0.1) is 11.1 Å². The van der Waals surface area contributed by atoms with E-state index in [0.29, 0.717) is 22.6 Å².